The molecule has 16 heavy (non-hydrogen) atoms. The predicted octanol–water partition coefficient (Wildman–Crippen LogP) is 3.44. The fourth-order valence-corrected chi connectivity index (χ4v) is 2.34. The number of hydrogen-bond donors (Lipinski definition) is 1. The topological polar surface area (TPSA) is 38.1 Å². The van der Waals surface area contributed by atoms with Gasteiger partial charge in [-0.25, -0.2) is 4.98 Å². The Morgan fingerprint density at radius 3 is 3.06 bits per heavy atom. The molecular weight excluding hydrogens is 291 g/mol. The summed E-state index contributed by atoms with van der Waals surface area (Å²) in [5.74, 6) is 1.01. The Hall–Kier alpha value is -0.580. The van der Waals surface area contributed by atoms with E-state index in [4.69, 9.17) is 4.42 Å². The standard InChI is InChI=1S/C11H11BrN2O.ClH/c12-11-4-3-9-8(14-11)6-10(15-9)7-2-1-5-13-7;/h3-4,6-7,13H,1-2,5H2;1H/t7-;/m0./s1. The summed E-state index contributed by atoms with van der Waals surface area (Å²) < 4.78 is 6.61. The van der Waals surface area contributed by atoms with Crippen LogP contribution in [-0.2, 0) is 0 Å². The van der Waals surface area contributed by atoms with Gasteiger partial charge in [0.15, 0.2) is 5.58 Å². The van der Waals surface area contributed by atoms with Crippen LogP contribution in [0.25, 0.3) is 11.1 Å². The van der Waals surface area contributed by atoms with E-state index in [1.54, 1.807) is 0 Å². The SMILES string of the molecule is Brc1ccc2oc([C@@H]3CCCN3)cc2n1.Cl. The van der Waals surface area contributed by atoms with E-state index in [0.29, 0.717) is 6.04 Å². The second-order valence-corrected chi connectivity index (χ2v) is 4.63. The molecule has 0 spiro atoms. The molecule has 3 rings (SSSR count). The van der Waals surface area contributed by atoms with Crippen molar-refractivity contribution in [3.8, 4) is 0 Å². The van der Waals surface area contributed by atoms with Gasteiger partial charge < -0.3 is 9.73 Å². The molecule has 0 amide bonds. The Bertz CT molecular complexity index is 494. The van der Waals surface area contributed by atoms with E-state index in [0.717, 1.165) is 34.4 Å². The van der Waals surface area contributed by atoms with Crippen LogP contribution in [0.3, 0.4) is 0 Å². The summed E-state index contributed by atoms with van der Waals surface area (Å²) in [4.78, 5) is 4.36. The first-order valence-electron chi connectivity index (χ1n) is 5.12. The monoisotopic (exact) mass is 302 g/mol. The van der Waals surface area contributed by atoms with Crippen molar-refractivity contribution in [3.63, 3.8) is 0 Å². The molecule has 5 heteroatoms. The molecule has 86 valence electrons. The van der Waals surface area contributed by atoms with Gasteiger partial charge in [-0.3, -0.25) is 0 Å². The zero-order valence-corrected chi connectivity index (χ0v) is 11.0. The number of aromatic nitrogens is 1. The lowest BCUT2D eigenvalue weighted by Gasteiger charge is -2.04. The molecule has 1 aliphatic rings. The number of pyridine rings is 1. The fourth-order valence-electron chi connectivity index (χ4n) is 2.02. The highest BCUT2D eigenvalue weighted by atomic mass is 79.9. The Labute approximate surface area is 108 Å². The molecule has 1 saturated heterocycles. The average molecular weight is 304 g/mol. The van der Waals surface area contributed by atoms with Gasteiger partial charge in [-0.15, -0.1) is 12.4 Å². The zero-order chi connectivity index (χ0) is 10.3. The third-order valence-electron chi connectivity index (χ3n) is 2.76. The van der Waals surface area contributed by atoms with E-state index >= 15 is 0 Å². The molecule has 1 fully saturated rings. The summed E-state index contributed by atoms with van der Waals surface area (Å²) >= 11 is 3.36. The third kappa shape index (κ3) is 2.10. The molecule has 0 radical (unpaired) electrons. The highest BCUT2D eigenvalue weighted by Gasteiger charge is 2.20. The van der Waals surface area contributed by atoms with E-state index in [1.807, 2.05) is 18.2 Å². The third-order valence-corrected chi connectivity index (χ3v) is 3.20. The summed E-state index contributed by atoms with van der Waals surface area (Å²) in [6, 6.07) is 6.25. The molecule has 2 aromatic heterocycles. The fraction of sp³-hybridized carbons (Fsp3) is 0.364. The molecule has 0 aromatic carbocycles. The Morgan fingerprint density at radius 2 is 2.31 bits per heavy atom. The van der Waals surface area contributed by atoms with Crippen LogP contribution < -0.4 is 5.32 Å². The van der Waals surface area contributed by atoms with Gasteiger partial charge in [0, 0.05) is 6.07 Å². The van der Waals surface area contributed by atoms with Crippen molar-refractivity contribution in [1.82, 2.24) is 10.3 Å². The molecule has 2 aromatic rings. The number of nitrogens with zero attached hydrogens (tertiary/aromatic N) is 1. The first-order valence-corrected chi connectivity index (χ1v) is 5.91. The van der Waals surface area contributed by atoms with Crippen LogP contribution in [0.15, 0.2) is 27.2 Å². The van der Waals surface area contributed by atoms with E-state index < -0.39 is 0 Å². The van der Waals surface area contributed by atoms with E-state index in [9.17, 15) is 0 Å². The van der Waals surface area contributed by atoms with Crippen molar-refractivity contribution in [2.75, 3.05) is 6.54 Å². The van der Waals surface area contributed by atoms with Gasteiger partial charge in [0.2, 0.25) is 0 Å². The lowest BCUT2D eigenvalue weighted by atomic mass is 10.2. The first kappa shape index (κ1) is 11.9. The summed E-state index contributed by atoms with van der Waals surface area (Å²) in [6.45, 7) is 1.08. The van der Waals surface area contributed by atoms with Gasteiger partial charge in [0.05, 0.1) is 6.04 Å². The van der Waals surface area contributed by atoms with E-state index in [2.05, 4.69) is 26.2 Å². The maximum Gasteiger partial charge on any atom is 0.152 e. The maximum atomic E-state index is 5.76. The van der Waals surface area contributed by atoms with Gasteiger partial charge in [-0.1, -0.05) is 0 Å². The highest BCUT2D eigenvalue weighted by molar-refractivity contribution is 9.10. The van der Waals surface area contributed by atoms with Crippen LogP contribution in [0.5, 0.6) is 0 Å². The minimum atomic E-state index is 0. The number of hydrogen-bond acceptors (Lipinski definition) is 3. The van der Waals surface area contributed by atoms with Crippen LogP contribution in [0.4, 0.5) is 0 Å². The number of halogens is 2. The molecule has 3 heterocycles. The summed E-state index contributed by atoms with van der Waals surface area (Å²) in [6.07, 6.45) is 2.37. The number of fused-ring (bicyclic) bond motifs is 1. The van der Waals surface area contributed by atoms with Crippen LogP contribution in [0, 0.1) is 0 Å². The van der Waals surface area contributed by atoms with Crippen molar-refractivity contribution >= 4 is 39.4 Å². The molecule has 0 aliphatic carbocycles. The largest absolute Gasteiger partial charge is 0.458 e. The van der Waals surface area contributed by atoms with Crippen LogP contribution >= 0.6 is 28.3 Å². The molecule has 3 nitrogen and oxygen atoms in total. The van der Waals surface area contributed by atoms with Gasteiger partial charge in [-0.2, -0.15) is 0 Å². The smallest absolute Gasteiger partial charge is 0.152 e. The Balaban J connectivity index is 0.000000963. The van der Waals surface area contributed by atoms with E-state index in [1.165, 1.54) is 6.42 Å². The summed E-state index contributed by atoms with van der Waals surface area (Å²) in [5, 5.41) is 3.42. The molecule has 0 saturated carbocycles. The summed E-state index contributed by atoms with van der Waals surface area (Å²) in [7, 11) is 0. The van der Waals surface area contributed by atoms with Crippen molar-refractivity contribution in [1.29, 1.82) is 0 Å². The first-order chi connectivity index (χ1) is 7.33. The number of rotatable bonds is 1. The van der Waals surface area contributed by atoms with Gasteiger partial charge in [0.25, 0.3) is 0 Å². The van der Waals surface area contributed by atoms with Crippen molar-refractivity contribution in [3.05, 3.63) is 28.6 Å². The van der Waals surface area contributed by atoms with Crippen molar-refractivity contribution < 1.29 is 4.42 Å². The lowest BCUT2D eigenvalue weighted by Crippen LogP contribution is -2.11. The van der Waals surface area contributed by atoms with Gasteiger partial charge in [0.1, 0.15) is 15.9 Å². The maximum absolute atomic E-state index is 5.76. The second-order valence-electron chi connectivity index (χ2n) is 3.82. The average Bonchev–Trinajstić information content (AvgIpc) is 2.84. The minimum Gasteiger partial charge on any atom is -0.458 e. The number of nitrogens with one attached hydrogen (secondary N) is 1. The van der Waals surface area contributed by atoms with Crippen LogP contribution in [-0.4, -0.2) is 11.5 Å². The molecular formula is C11H12BrClN2O. The Morgan fingerprint density at radius 1 is 1.44 bits per heavy atom. The van der Waals surface area contributed by atoms with Crippen LogP contribution in [0.1, 0.15) is 24.6 Å². The van der Waals surface area contributed by atoms with Gasteiger partial charge >= 0.3 is 0 Å². The number of furan rings is 1. The van der Waals surface area contributed by atoms with Crippen molar-refractivity contribution in [2.45, 2.75) is 18.9 Å². The molecule has 1 atom stereocenters. The molecule has 1 N–H and O–H groups in total. The highest BCUT2D eigenvalue weighted by Crippen LogP contribution is 2.28. The van der Waals surface area contributed by atoms with E-state index in [-0.39, 0.29) is 12.4 Å². The minimum absolute atomic E-state index is 0. The van der Waals surface area contributed by atoms with Crippen molar-refractivity contribution in [2.24, 2.45) is 0 Å². The second kappa shape index (κ2) is 4.73. The Kier molecular flexibility index (Phi) is 3.52. The molecule has 0 unspecified atom stereocenters. The predicted molar refractivity (Wildman–Crippen MR) is 68.9 cm³/mol. The van der Waals surface area contributed by atoms with Gasteiger partial charge in [-0.05, 0) is 47.4 Å². The normalized spacial score (nSPS) is 19.9. The zero-order valence-electron chi connectivity index (χ0n) is 8.57. The van der Waals surface area contributed by atoms with Crippen LogP contribution in [0.2, 0.25) is 0 Å². The lowest BCUT2D eigenvalue weighted by molar-refractivity contribution is 0.471. The quantitative estimate of drug-likeness (QED) is 0.820. The summed E-state index contributed by atoms with van der Waals surface area (Å²) in [5.41, 5.74) is 1.79. The molecule has 1 aliphatic heterocycles. The molecule has 0 bridgehead atoms.